The van der Waals surface area contributed by atoms with E-state index in [-0.39, 0.29) is 6.04 Å². The summed E-state index contributed by atoms with van der Waals surface area (Å²) in [7, 11) is 1.93. The maximum absolute atomic E-state index is 11.4. The molecule has 0 aliphatic rings. The van der Waals surface area contributed by atoms with Gasteiger partial charge in [0.15, 0.2) is 0 Å². The van der Waals surface area contributed by atoms with Gasteiger partial charge in [-0.2, -0.15) is 11.8 Å². The molecule has 0 aliphatic carbocycles. The van der Waals surface area contributed by atoms with Crippen LogP contribution in [-0.4, -0.2) is 31.0 Å². The lowest BCUT2D eigenvalue weighted by atomic mass is 10.1. The largest absolute Gasteiger partial charge is 0.397 e. The first-order chi connectivity index (χ1) is 7.99. The maximum atomic E-state index is 11.4. The second-order valence-corrected chi connectivity index (χ2v) is 4.93. The molecule has 0 bridgehead atoms. The Morgan fingerprint density at radius 1 is 1.53 bits per heavy atom. The predicted molar refractivity (Wildman–Crippen MR) is 75.6 cm³/mol. The number of nitrogens with two attached hydrogens (primary N) is 2. The number of rotatable bonds is 5. The fourth-order valence-corrected chi connectivity index (χ4v) is 2.43. The number of anilines is 2. The molecule has 1 amide bonds. The van der Waals surface area contributed by atoms with Gasteiger partial charge >= 0.3 is 0 Å². The third-order valence-electron chi connectivity index (χ3n) is 2.75. The number of benzene rings is 1. The third-order valence-corrected chi connectivity index (χ3v) is 3.57. The quantitative estimate of drug-likeness (QED) is 0.781. The van der Waals surface area contributed by atoms with Crippen molar-refractivity contribution in [3.05, 3.63) is 23.8 Å². The van der Waals surface area contributed by atoms with E-state index in [1.807, 2.05) is 18.2 Å². The number of carbonyl (C=O) groups is 1. The van der Waals surface area contributed by atoms with Crippen LogP contribution in [0.3, 0.4) is 0 Å². The van der Waals surface area contributed by atoms with E-state index in [9.17, 15) is 4.79 Å². The molecule has 0 aliphatic heterocycles. The SMILES string of the molecule is CSCC(C)N(C)c1c(N)cccc1C(N)=O. The summed E-state index contributed by atoms with van der Waals surface area (Å²) in [6, 6.07) is 5.51. The van der Waals surface area contributed by atoms with Crippen molar-refractivity contribution < 1.29 is 4.79 Å². The predicted octanol–water partition coefficient (Wildman–Crippen LogP) is 1.56. The highest BCUT2D eigenvalue weighted by molar-refractivity contribution is 7.98. The number of primary amides is 1. The van der Waals surface area contributed by atoms with Gasteiger partial charge in [0.1, 0.15) is 0 Å². The van der Waals surface area contributed by atoms with E-state index in [0.29, 0.717) is 11.3 Å². The van der Waals surface area contributed by atoms with Gasteiger partial charge in [0.05, 0.1) is 16.9 Å². The summed E-state index contributed by atoms with van der Waals surface area (Å²) in [5.41, 5.74) is 13.1. The third kappa shape index (κ3) is 3.06. The van der Waals surface area contributed by atoms with Gasteiger partial charge in [-0.25, -0.2) is 0 Å². The molecule has 0 fully saturated rings. The highest BCUT2D eigenvalue weighted by atomic mass is 32.2. The number of para-hydroxylation sites is 1. The monoisotopic (exact) mass is 253 g/mol. The number of amides is 1. The molecule has 0 saturated heterocycles. The molecule has 17 heavy (non-hydrogen) atoms. The maximum Gasteiger partial charge on any atom is 0.250 e. The fourth-order valence-electron chi connectivity index (χ4n) is 1.73. The molecular formula is C12H19N3OS. The zero-order valence-corrected chi connectivity index (χ0v) is 11.3. The number of nitrogens with zero attached hydrogens (tertiary/aromatic N) is 1. The van der Waals surface area contributed by atoms with Gasteiger partial charge in [0.25, 0.3) is 5.91 Å². The van der Waals surface area contributed by atoms with Crippen molar-refractivity contribution in [2.45, 2.75) is 13.0 Å². The van der Waals surface area contributed by atoms with Crippen LogP contribution in [0.5, 0.6) is 0 Å². The van der Waals surface area contributed by atoms with E-state index in [0.717, 1.165) is 11.4 Å². The molecule has 0 saturated carbocycles. The lowest BCUT2D eigenvalue weighted by Gasteiger charge is -2.29. The van der Waals surface area contributed by atoms with Crippen molar-refractivity contribution in [2.75, 3.05) is 29.7 Å². The van der Waals surface area contributed by atoms with E-state index < -0.39 is 5.91 Å². The lowest BCUT2D eigenvalue weighted by Crippen LogP contribution is -2.33. The van der Waals surface area contributed by atoms with Crippen molar-refractivity contribution in [1.29, 1.82) is 0 Å². The molecule has 0 aromatic heterocycles. The zero-order chi connectivity index (χ0) is 13.0. The first kappa shape index (κ1) is 13.7. The Hall–Kier alpha value is -1.36. The summed E-state index contributed by atoms with van der Waals surface area (Å²) in [4.78, 5) is 13.4. The number of nitrogen functional groups attached to an aromatic ring is 1. The van der Waals surface area contributed by atoms with Gasteiger partial charge in [-0.3, -0.25) is 4.79 Å². The van der Waals surface area contributed by atoms with Crippen molar-refractivity contribution in [3.63, 3.8) is 0 Å². The molecule has 4 nitrogen and oxygen atoms in total. The van der Waals surface area contributed by atoms with Gasteiger partial charge in [-0.15, -0.1) is 0 Å². The molecule has 0 radical (unpaired) electrons. The molecule has 1 rings (SSSR count). The molecule has 1 aromatic rings. The summed E-state index contributed by atoms with van der Waals surface area (Å²) in [5.74, 6) is 0.513. The van der Waals surface area contributed by atoms with Crippen molar-refractivity contribution >= 4 is 29.0 Å². The van der Waals surface area contributed by atoms with E-state index in [4.69, 9.17) is 11.5 Å². The van der Waals surface area contributed by atoms with Crippen molar-refractivity contribution in [2.24, 2.45) is 5.73 Å². The Labute approximate surface area is 106 Å². The van der Waals surface area contributed by atoms with Gasteiger partial charge in [-0.1, -0.05) is 6.07 Å². The van der Waals surface area contributed by atoms with E-state index >= 15 is 0 Å². The van der Waals surface area contributed by atoms with Gasteiger partial charge in [0, 0.05) is 18.8 Å². The first-order valence-electron chi connectivity index (χ1n) is 5.39. The molecule has 0 heterocycles. The van der Waals surface area contributed by atoms with Crippen molar-refractivity contribution in [1.82, 2.24) is 0 Å². The van der Waals surface area contributed by atoms with Crippen LogP contribution in [0.25, 0.3) is 0 Å². The van der Waals surface area contributed by atoms with Crippen LogP contribution >= 0.6 is 11.8 Å². The summed E-state index contributed by atoms with van der Waals surface area (Å²) in [5, 5.41) is 0. The van der Waals surface area contributed by atoms with E-state index in [1.165, 1.54) is 0 Å². The second-order valence-electron chi connectivity index (χ2n) is 4.02. The normalized spacial score (nSPS) is 12.2. The summed E-state index contributed by atoms with van der Waals surface area (Å²) >= 11 is 1.75. The van der Waals surface area contributed by atoms with Crippen LogP contribution in [0.4, 0.5) is 11.4 Å². The van der Waals surface area contributed by atoms with Crippen LogP contribution in [0.1, 0.15) is 17.3 Å². The summed E-state index contributed by atoms with van der Waals surface area (Å²) in [6.45, 7) is 2.09. The highest BCUT2D eigenvalue weighted by Crippen LogP contribution is 2.28. The smallest absolute Gasteiger partial charge is 0.250 e. The van der Waals surface area contributed by atoms with Crippen LogP contribution in [-0.2, 0) is 0 Å². The number of carbonyl (C=O) groups excluding carboxylic acids is 1. The Kier molecular flexibility index (Phi) is 4.69. The van der Waals surface area contributed by atoms with Gasteiger partial charge in [-0.05, 0) is 25.3 Å². The standard InChI is InChI=1S/C12H19N3OS/c1-8(7-17-3)15(2)11-9(12(14)16)5-4-6-10(11)13/h4-6,8H,7,13H2,1-3H3,(H2,14,16). The minimum absolute atomic E-state index is 0.285. The number of thioether (sulfide) groups is 1. The van der Waals surface area contributed by atoms with Crippen molar-refractivity contribution in [3.8, 4) is 0 Å². The van der Waals surface area contributed by atoms with Gasteiger partial charge in [0.2, 0.25) is 0 Å². The second kappa shape index (κ2) is 5.82. The average Bonchev–Trinajstić information content (AvgIpc) is 2.28. The Balaban J connectivity index is 3.15. The lowest BCUT2D eigenvalue weighted by molar-refractivity contribution is 0.100. The molecule has 5 heteroatoms. The van der Waals surface area contributed by atoms with E-state index in [2.05, 4.69) is 6.92 Å². The Bertz CT molecular complexity index is 409. The van der Waals surface area contributed by atoms with Crippen LogP contribution in [0.15, 0.2) is 18.2 Å². The molecule has 1 atom stereocenters. The van der Waals surface area contributed by atoms with Crippen LogP contribution < -0.4 is 16.4 Å². The zero-order valence-electron chi connectivity index (χ0n) is 10.4. The molecule has 1 unspecified atom stereocenters. The molecule has 0 spiro atoms. The van der Waals surface area contributed by atoms with E-state index in [1.54, 1.807) is 30.0 Å². The topological polar surface area (TPSA) is 72.3 Å². The molecular weight excluding hydrogens is 234 g/mol. The van der Waals surface area contributed by atoms with Gasteiger partial charge < -0.3 is 16.4 Å². The highest BCUT2D eigenvalue weighted by Gasteiger charge is 2.18. The summed E-state index contributed by atoms with van der Waals surface area (Å²) < 4.78 is 0. The molecule has 4 N–H and O–H groups in total. The van der Waals surface area contributed by atoms with Crippen LogP contribution in [0, 0.1) is 0 Å². The summed E-state index contributed by atoms with van der Waals surface area (Å²) in [6.07, 6.45) is 2.05. The minimum atomic E-state index is -0.449. The minimum Gasteiger partial charge on any atom is -0.397 e. The average molecular weight is 253 g/mol. The number of hydrogen-bond donors (Lipinski definition) is 2. The Morgan fingerprint density at radius 2 is 2.18 bits per heavy atom. The molecule has 1 aromatic carbocycles. The molecule has 94 valence electrons. The first-order valence-corrected chi connectivity index (χ1v) is 6.78. The Morgan fingerprint density at radius 3 is 2.71 bits per heavy atom. The van der Waals surface area contributed by atoms with Crippen LogP contribution in [0.2, 0.25) is 0 Å². The fraction of sp³-hybridized carbons (Fsp3) is 0.417. The number of hydrogen-bond acceptors (Lipinski definition) is 4.